The number of methoxy groups -OCH3 is 1. The van der Waals surface area contributed by atoms with Crippen molar-refractivity contribution in [1.29, 1.82) is 0 Å². The summed E-state index contributed by atoms with van der Waals surface area (Å²) in [5.41, 5.74) is 1.91. The van der Waals surface area contributed by atoms with Gasteiger partial charge >= 0.3 is 0 Å². The summed E-state index contributed by atoms with van der Waals surface area (Å²) in [6, 6.07) is 13.5. The lowest BCUT2D eigenvalue weighted by Gasteiger charge is -2.11. The lowest BCUT2D eigenvalue weighted by Crippen LogP contribution is -2.22. The lowest BCUT2D eigenvalue weighted by molar-refractivity contribution is -0.121. The van der Waals surface area contributed by atoms with Gasteiger partial charge in [0.25, 0.3) is 5.91 Å². The molecule has 0 saturated carbocycles. The van der Waals surface area contributed by atoms with Crippen LogP contribution >= 0.6 is 39.9 Å². The molecular formula is C19H16BrNO3S2. The van der Waals surface area contributed by atoms with Crippen molar-refractivity contribution in [1.82, 2.24) is 4.90 Å². The minimum absolute atomic E-state index is 0.0884. The quantitative estimate of drug-likeness (QED) is 0.480. The van der Waals surface area contributed by atoms with E-state index in [1.54, 1.807) is 14.2 Å². The van der Waals surface area contributed by atoms with E-state index in [9.17, 15) is 4.79 Å². The fourth-order valence-electron chi connectivity index (χ4n) is 2.33. The van der Waals surface area contributed by atoms with Crippen LogP contribution in [-0.2, 0) is 11.4 Å². The zero-order chi connectivity index (χ0) is 18.7. The Kier molecular flexibility index (Phi) is 6.01. The normalized spacial score (nSPS) is 15.7. The van der Waals surface area contributed by atoms with E-state index in [0.717, 1.165) is 15.6 Å². The van der Waals surface area contributed by atoms with Gasteiger partial charge in [-0.25, -0.2) is 0 Å². The number of likely N-dealkylation sites (N-methyl/N-ethyl adjacent to an activating group) is 1. The van der Waals surface area contributed by atoms with Crippen LogP contribution in [-0.4, -0.2) is 29.3 Å². The van der Waals surface area contributed by atoms with Gasteiger partial charge in [-0.3, -0.25) is 9.69 Å². The monoisotopic (exact) mass is 449 g/mol. The third-order valence-electron chi connectivity index (χ3n) is 3.78. The Bertz CT molecular complexity index is 881. The molecule has 0 aliphatic carbocycles. The molecule has 0 spiro atoms. The lowest BCUT2D eigenvalue weighted by atomic mass is 10.2. The molecule has 0 aromatic heterocycles. The highest BCUT2D eigenvalue weighted by molar-refractivity contribution is 9.10. The number of thioether (sulfide) groups is 1. The maximum absolute atomic E-state index is 12.1. The molecule has 1 aliphatic rings. The summed E-state index contributed by atoms with van der Waals surface area (Å²) in [6.07, 6.45) is 1.81. The van der Waals surface area contributed by atoms with E-state index in [4.69, 9.17) is 21.7 Å². The van der Waals surface area contributed by atoms with E-state index in [0.29, 0.717) is 27.3 Å². The summed E-state index contributed by atoms with van der Waals surface area (Å²) >= 11 is 9.86. The summed E-state index contributed by atoms with van der Waals surface area (Å²) < 4.78 is 12.9. The molecule has 26 heavy (non-hydrogen) atoms. The molecule has 0 atom stereocenters. The van der Waals surface area contributed by atoms with Gasteiger partial charge in [-0.05, 0) is 41.5 Å². The van der Waals surface area contributed by atoms with Gasteiger partial charge in [0, 0.05) is 11.5 Å². The molecule has 7 heteroatoms. The zero-order valence-corrected chi connectivity index (χ0v) is 17.4. The van der Waals surface area contributed by atoms with E-state index in [2.05, 4.69) is 15.9 Å². The van der Waals surface area contributed by atoms with Gasteiger partial charge < -0.3 is 9.47 Å². The average Bonchev–Trinajstić information content (AvgIpc) is 2.88. The molecule has 0 N–H and O–H groups in total. The first-order valence-corrected chi connectivity index (χ1v) is 9.76. The van der Waals surface area contributed by atoms with Gasteiger partial charge in [0.15, 0.2) is 11.5 Å². The van der Waals surface area contributed by atoms with E-state index in [1.165, 1.54) is 16.7 Å². The predicted octanol–water partition coefficient (Wildman–Crippen LogP) is 4.87. The minimum atomic E-state index is -0.0884. The summed E-state index contributed by atoms with van der Waals surface area (Å²) in [7, 11) is 3.27. The van der Waals surface area contributed by atoms with Gasteiger partial charge in [0.2, 0.25) is 0 Å². The highest BCUT2D eigenvalue weighted by Gasteiger charge is 2.28. The third-order valence-corrected chi connectivity index (χ3v) is 5.79. The average molecular weight is 450 g/mol. The Morgan fingerprint density at radius 2 is 1.92 bits per heavy atom. The molecule has 0 radical (unpaired) electrons. The van der Waals surface area contributed by atoms with Gasteiger partial charge in [0.1, 0.15) is 10.9 Å². The number of thiocarbonyl (C=S) groups is 1. The first-order chi connectivity index (χ1) is 12.5. The summed E-state index contributed by atoms with van der Waals surface area (Å²) in [6.45, 7) is 0.442. The topological polar surface area (TPSA) is 38.8 Å². The highest BCUT2D eigenvalue weighted by atomic mass is 79.9. The number of hydrogen-bond acceptors (Lipinski definition) is 5. The standard InChI is InChI=1S/C19H16BrNO3S2/c1-21-18(22)17(26-19(21)25)10-13-5-8-15(16(9-13)23-2)24-11-12-3-6-14(20)7-4-12/h3-10H,11H2,1-2H3/b17-10+. The first-order valence-electron chi connectivity index (χ1n) is 7.75. The van der Waals surface area contributed by atoms with Crippen LogP contribution in [0.25, 0.3) is 6.08 Å². The molecular weight excluding hydrogens is 434 g/mol. The van der Waals surface area contributed by atoms with Gasteiger partial charge in [-0.15, -0.1) is 0 Å². The number of halogens is 1. The number of amides is 1. The van der Waals surface area contributed by atoms with E-state index < -0.39 is 0 Å². The fraction of sp³-hybridized carbons (Fsp3) is 0.158. The number of carbonyl (C=O) groups is 1. The number of benzene rings is 2. The Morgan fingerprint density at radius 3 is 2.54 bits per heavy atom. The minimum Gasteiger partial charge on any atom is -0.493 e. The van der Waals surface area contributed by atoms with E-state index in [-0.39, 0.29) is 5.91 Å². The van der Waals surface area contributed by atoms with Gasteiger partial charge in [-0.2, -0.15) is 0 Å². The van der Waals surface area contributed by atoms with Crippen molar-refractivity contribution in [2.75, 3.05) is 14.2 Å². The Balaban J connectivity index is 1.76. The van der Waals surface area contributed by atoms with Crippen molar-refractivity contribution in [3.05, 3.63) is 63.0 Å². The summed E-state index contributed by atoms with van der Waals surface area (Å²) in [5, 5.41) is 0. The Morgan fingerprint density at radius 1 is 1.19 bits per heavy atom. The van der Waals surface area contributed by atoms with Crippen LogP contribution in [0.4, 0.5) is 0 Å². The van der Waals surface area contributed by atoms with Crippen LogP contribution in [0.5, 0.6) is 11.5 Å². The largest absolute Gasteiger partial charge is 0.493 e. The second kappa shape index (κ2) is 8.24. The van der Waals surface area contributed by atoms with Crippen molar-refractivity contribution in [3.8, 4) is 11.5 Å². The van der Waals surface area contributed by atoms with Crippen molar-refractivity contribution >= 4 is 56.2 Å². The SMILES string of the molecule is COc1cc(/C=C2/SC(=S)N(C)C2=O)ccc1OCc1ccc(Br)cc1. The van der Waals surface area contributed by atoms with E-state index in [1.807, 2.05) is 48.5 Å². The third kappa shape index (κ3) is 4.28. The van der Waals surface area contributed by atoms with Crippen LogP contribution in [0.2, 0.25) is 0 Å². The maximum Gasteiger partial charge on any atom is 0.265 e. The van der Waals surface area contributed by atoms with Crippen molar-refractivity contribution in [3.63, 3.8) is 0 Å². The van der Waals surface area contributed by atoms with E-state index >= 15 is 0 Å². The molecule has 1 fully saturated rings. The molecule has 4 nitrogen and oxygen atoms in total. The first kappa shape index (κ1) is 18.9. The van der Waals surface area contributed by atoms with Crippen molar-refractivity contribution < 1.29 is 14.3 Å². The smallest absolute Gasteiger partial charge is 0.265 e. The highest BCUT2D eigenvalue weighted by Crippen LogP contribution is 2.34. The second-order valence-electron chi connectivity index (χ2n) is 5.57. The van der Waals surface area contributed by atoms with Crippen LogP contribution in [0, 0.1) is 0 Å². The van der Waals surface area contributed by atoms with Crippen LogP contribution in [0.15, 0.2) is 51.8 Å². The number of nitrogens with zero attached hydrogens (tertiary/aromatic N) is 1. The molecule has 1 aliphatic heterocycles. The Labute approximate surface area is 170 Å². The molecule has 134 valence electrons. The Hall–Kier alpha value is -1.83. The van der Waals surface area contributed by atoms with Crippen LogP contribution in [0.3, 0.4) is 0 Å². The molecule has 3 rings (SSSR count). The molecule has 1 amide bonds. The van der Waals surface area contributed by atoms with Crippen LogP contribution < -0.4 is 9.47 Å². The zero-order valence-electron chi connectivity index (χ0n) is 14.2. The summed E-state index contributed by atoms with van der Waals surface area (Å²) in [5.74, 6) is 1.17. The maximum atomic E-state index is 12.1. The van der Waals surface area contributed by atoms with Gasteiger partial charge in [0.05, 0.1) is 12.0 Å². The van der Waals surface area contributed by atoms with Crippen LogP contribution in [0.1, 0.15) is 11.1 Å². The fourth-order valence-corrected chi connectivity index (χ4v) is 3.78. The van der Waals surface area contributed by atoms with Gasteiger partial charge in [-0.1, -0.05) is 58.1 Å². The molecule has 1 saturated heterocycles. The van der Waals surface area contributed by atoms with Crippen molar-refractivity contribution in [2.24, 2.45) is 0 Å². The number of ether oxygens (including phenoxy) is 2. The molecule has 2 aromatic rings. The number of carbonyl (C=O) groups excluding carboxylic acids is 1. The molecule has 2 aromatic carbocycles. The summed E-state index contributed by atoms with van der Waals surface area (Å²) in [4.78, 5) is 14.2. The molecule has 1 heterocycles. The predicted molar refractivity (Wildman–Crippen MR) is 112 cm³/mol. The van der Waals surface area contributed by atoms with Crippen molar-refractivity contribution in [2.45, 2.75) is 6.61 Å². The second-order valence-corrected chi connectivity index (χ2v) is 8.16. The number of hydrogen-bond donors (Lipinski definition) is 0. The molecule has 0 bridgehead atoms. The molecule has 0 unspecified atom stereocenters. The number of rotatable bonds is 5.